The Kier molecular flexibility index (Phi) is 3.04. The predicted octanol–water partition coefficient (Wildman–Crippen LogP) is 2.11. The molecule has 0 unspecified atom stereocenters. The van der Waals surface area contributed by atoms with Crippen molar-refractivity contribution in [3.8, 4) is 0 Å². The van der Waals surface area contributed by atoms with Gasteiger partial charge in [-0.3, -0.25) is 5.10 Å². The zero-order valence-corrected chi connectivity index (χ0v) is 8.96. The average Bonchev–Trinajstić information content (AvgIpc) is 2.65. The van der Waals surface area contributed by atoms with Gasteiger partial charge in [-0.15, -0.1) is 0 Å². The van der Waals surface area contributed by atoms with E-state index in [1.54, 1.807) is 0 Å². The number of aromatic amines is 1. The van der Waals surface area contributed by atoms with E-state index < -0.39 is 0 Å². The molecule has 0 bridgehead atoms. The molecule has 0 saturated carbocycles. The summed E-state index contributed by atoms with van der Waals surface area (Å²) >= 11 is 5.91. The summed E-state index contributed by atoms with van der Waals surface area (Å²) in [5, 5.41) is 7.61. The lowest BCUT2D eigenvalue weighted by molar-refractivity contribution is 0.933. The van der Waals surface area contributed by atoms with Gasteiger partial charge < -0.3 is 5.73 Å². The average molecular weight is 222 g/mol. The second-order valence-electron chi connectivity index (χ2n) is 3.38. The van der Waals surface area contributed by atoms with E-state index >= 15 is 0 Å². The molecule has 0 fully saturated rings. The standard InChI is InChI=1S/C11H12ClN3/c12-10-3-1-2-8(5-10)4-9-7-14-15-11(9)6-13/h1-3,5,7H,4,6,13H2,(H,14,15). The summed E-state index contributed by atoms with van der Waals surface area (Å²) < 4.78 is 0. The van der Waals surface area contributed by atoms with Crippen LogP contribution in [0.25, 0.3) is 0 Å². The van der Waals surface area contributed by atoms with Gasteiger partial charge in [0.15, 0.2) is 0 Å². The minimum Gasteiger partial charge on any atom is -0.325 e. The first-order valence-corrected chi connectivity index (χ1v) is 5.13. The number of hydrogen-bond acceptors (Lipinski definition) is 2. The van der Waals surface area contributed by atoms with E-state index in [2.05, 4.69) is 10.2 Å². The molecule has 3 nitrogen and oxygen atoms in total. The maximum Gasteiger partial charge on any atom is 0.0526 e. The first-order chi connectivity index (χ1) is 7.29. The van der Waals surface area contributed by atoms with Crippen LogP contribution in [0.5, 0.6) is 0 Å². The molecule has 2 rings (SSSR count). The van der Waals surface area contributed by atoms with Crippen LogP contribution in [0.4, 0.5) is 0 Å². The van der Waals surface area contributed by atoms with Crippen molar-refractivity contribution in [1.82, 2.24) is 10.2 Å². The zero-order chi connectivity index (χ0) is 10.7. The van der Waals surface area contributed by atoms with E-state index in [9.17, 15) is 0 Å². The summed E-state index contributed by atoms with van der Waals surface area (Å²) in [5.41, 5.74) is 8.85. The largest absolute Gasteiger partial charge is 0.325 e. The van der Waals surface area contributed by atoms with Crippen molar-refractivity contribution >= 4 is 11.6 Å². The van der Waals surface area contributed by atoms with E-state index in [0.29, 0.717) is 6.54 Å². The van der Waals surface area contributed by atoms with Crippen LogP contribution in [0.15, 0.2) is 30.5 Å². The first-order valence-electron chi connectivity index (χ1n) is 4.75. The van der Waals surface area contributed by atoms with Crippen LogP contribution in [0.3, 0.4) is 0 Å². The van der Waals surface area contributed by atoms with Crippen molar-refractivity contribution in [1.29, 1.82) is 0 Å². The van der Waals surface area contributed by atoms with Gasteiger partial charge in [-0.05, 0) is 23.3 Å². The van der Waals surface area contributed by atoms with Gasteiger partial charge in [0, 0.05) is 18.0 Å². The Morgan fingerprint density at radius 2 is 2.27 bits per heavy atom. The van der Waals surface area contributed by atoms with Gasteiger partial charge in [-0.2, -0.15) is 5.10 Å². The molecular formula is C11H12ClN3. The Bertz CT molecular complexity index is 451. The number of rotatable bonds is 3. The van der Waals surface area contributed by atoms with E-state index in [0.717, 1.165) is 22.7 Å². The lowest BCUT2D eigenvalue weighted by atomic mass is 10.1. The van der Waals surface area contributed by atoms with Crippen molar-refractivity contribution in [3.63, 3.8) is 0 Å². The lowest BCUT2D eigenvalue weighted by Crippen LogP contribution is -2.01. The van der Waals surface area contributed by atoms with Gasteiger partial charge in [0.05, 0.1) is 11.9 Å². The Labute approximate surface area is 93.3 Å². The number of halogens is 1. The highest BCUT2D eigenvalue weighted by molar-refractivity contribution is 6.30. The third-order valence-electron chi connectivity index (χ3n) is 2.30. The van der Waals surface area contributed by atoms with E-state index in [1.807, 2.05) is 30.5 Å². The van der Waals surface area contributed by atoms with Gasteiger partial charge in [0.2, 0.25) is 0 Å². The number of H-pyrrole nitrogens is 1. The van der Waals surface area contributed by atoms with Gasteiger partial charge >= 0.3 is 0 Å². The maximum atomic E-state index is 5.91. The summed E-state index contributed by atoms with van der Waals surface area (Å²) in [6, 6.07) is 7.80. The van der Waals surface area contributed by atoms with E-state index in [1.165, 1.54) is 5.56 Å². The molecule has 0 amide bonds. The second-order valence-corrected chi connectivity index (χ2v) is 3.82. The minimum atomic E-state index is 0.482. The molecule has 78 valence electrons. The monoisotopic (exact) mass is 221 g/mol. The molecule has 0 spiro atoms. The Balaban J connectivity index is 2.22. The molecule has 3 N–H and O–H groups in total. The summed E-state index contributed by atoms with van der Waals surface area (Å²) in [7, 11) is 0. The highest BCUT2D eigenvalue weighted by Crippen LogP contribution is 2.15. The van der Waals surface area contributed by atoms with E-state index in [4.69, 9.17) is 17.3 Å². The number of nitrogens with two attached hydrogens (primary N) is 1. The van der Waals surface area contributed by atoms with Crippen molar-refractivity contribution in [2.75, 3.05) is 0 Å². The second kappa shape index (κ2) is 4.47. The Hall–Kier alpha value is -1.32. The van der Waals surface area contributed by atoms with Crippen LogP contribution < -0.4 is 5.73 Å². The van der Waals surface area contributed by atoms with Crippen molar-refractivity contribution in [2.45, 2.75) is 13.0 Å². The first kappa shape index (κ1) is 10.2. The molecule has 0 radical (unpaired) electrons. The summed E-state index contributed by atoms with van der Waals surface area (Å²) in [4.78, 5) is 0. The molecule has 15 heavy (non-hydrogen) atoms. The maximum absolute atomic E-state index is 5.91. The molecule has 1 aromatic carbocycles. The number of aromatic nitrogens is 2. The van der Waals surface area contributed by atoms with Gasteiger partial charge in [-0.1, -0.05) is 23.7 Å². The normalized spacial score (nSPS) is 10.5. The lowest BCUT2D eigenvalue weighted by Gasteiger charge is -2.01. The number of hydrogen-bond donors (Lipinski definition) is 2. The third kappa shape index (κ3) is 2.37. The van der Waals surface area contributed by atoms with Crippen molar-refractivity contribution < 1.29 is 0 Å². The summed E-state index contributed by atoms with van der Waals surface area (Å²) in [5.74, 6) is 0. The van der Waals surface area contributed by atoms with E-state index in [-0.39, 0.29) is 0 Å². The Morgan fingerprint density at radius 1 is 1.40 bits per heavy atom. The zero-order valence-electron chi connectivity index (χ0n) is 8.20. The fraction of sp³-hybridized carbons (Fsp3) is 0.182. The molecule has 0 saturated heterocycles. The van der Waals surface area contributed by atoms with Crippen LogP contribution in [-0.2, 0) is 13.0 Å². The predicted molar refractivity (Wildman–Crippen MR) is 60.7 cm³/mol. The van der Waals surface area contributed by atoms with Crippen molar-refractivity contribution in [2.24, 2.45) is 5.73 Å². The highest BCUT2D eigenvalue weighted by Gasteiger charge is 2.04. The molecule has 2 aromatic rings. The molecule has 1 aromatic heterocycles. The molecule has 0 aliphatic rings. The number of nitrogens with zero attached hydrogens (tertiary/aromatic N) is 1. The quantitative estimate of drug-likeness (QED) is 0.834. The summed E-state index contributed by atoms with van der Waals surface area (Å²) in [6.45, 7) is 0.482. The molecule has 4 heteroatoms. The van der Waals surface area contributed by atoms with Crippen LogP contribution >= 0.6 is 11.6 Å². The highest BCUT2D eigenvalue weighted by atomic mass is 35.5. The van der Waals surface area contributed by atoms with Crippen molar-refractivity contribution in [3.05, 3.63) is 52.3 Å². The molecule has 0 aliphatic carbocycles. The molecule has 0 atom stereocenters. The number of nitrogens with one attached hydrogen (secondary N) is 1. The van der Waals surface area contributed by atoms with Gasteiger partial charge in [0.25, 0.3) is 0 Å². The fourth-order valence-corrected chi connectivity index (χ4v) is 1.75. The van der Waals surface area contributed by atoms with Crippen LogP contribution in [0.2, 0.25) is 5.02 Å². The fourth-order valence-electron chi connectivity index (χ4n) is 1.53. The summed E-state index contributed by atoms with van der Waals surface area (Å²) in [6.07, 6.45) is 2.62. The minimum absolute atomic E-state index is 0.482. The SMILES string of the molecule is NCc1[nH]ncc1Cc1cccc(Cl)c1. The molecule has 1 heterocycles. The Morgan fingerprint density at radius 3 is 3.00 bits per heavy atom. The van der Waals surface area contributed by atoms with Crippen LogP contribution in [-0.4, -0.2) is 10.2 Å². The number of benzene rings is 1. The smallest absolute Gasteiger partial charge is 0.0526 e. The molecule has 0 aliphatic heterocycles. The van der Waals surface area contributed by atoms with Gasteiger partial charge in [0.1, 0.15) is 0 Å². The van der Waals surface area contributed by atoms with Crippen LogP contribution in [0, 0.1) is 0 Å². The third-order valence-corrected chi connectivity index (χ3v) is 2.53. The topological polar surface area (TPSA) is 54.7 Å². The van der Waals surface area contributed by atoms with Gasteiger partial charge in [-0.25, -0.2) is 0 Å². The molecular weight excluding hydrogens is 210 g/mol. The van der Waals surface area contributed by atoms with Crippen LogP contribution in [0.1, 0.15) is 16.8 Å².